The zero-order valence-electron chi connectivity index (χ0n) is 12.5. The highest BCUT2D eigenvalue weighted by molar-refractivity contribution is 9.10. The number of carbonyl (C=O) groups is 1. The van der Waals surface area contributed by atoms with Gasteiger partial charge in [0.25, 0.3) is 0 Å². The second-order valence-corrected chi connectivity index (χ2v) is 7.39. The molecule has 0 radical (unpaired) electrons. The number of ether oxygens (including phenoxy) is 1. The Bertz CT molecular complexity index is 758. The van der Waals surface area contributed by atoms with Gasteiger partial charge < -0.3 is 9.84 Å². The summed E-state index contributed by atoms with van der Waals surface area (Å²) in [6, 6.07) is 11.4. The quantitative estimate of drug-likeness (QED) is 0.779. The summed E-state index contributed by atoms with van der Waals surface area (Å²) in [5.74, 6) is -0.0824. The van der Waals surface area contributed by atoms with Gasteiger partial charge in [0.05, 0.1) is 5.37 Å². The molecule has 0 aliphatic carbocycles. The molecule has 1 aliphatic rings. The first-order valence-electron chi connectivity index (χ1n) is 7.30. The fourth-order valence-electron chi connectivity index (χ4n) is 2.42. The van der Waals surface area contributed by atoms with Gasteiger partial charge >= 0.3 is 5.97 Å². The first kappa shape index (κ1) is 17.3. The standard InChI is InChI=1S/C17H15BrFNO3S/c18-11-5-6-15(23-8-10-3-1-2-4-13(10)19)12(7-11)16-20-14(9-24-16)17(21)22/h1-7,14,16,20H,8-9H2,(H,21,22). The van der Waals surface area contributed by atoms with E-state index >= 15 is 0 Å². The molecule has 126 valence electrons. The van der Waals surface area contributed by atoms with Gasteiger partial charge in [0.15, 0.2) is 0 Å². The molecule has 1 aliphatic heterocycles. The lowest BCUT2D eigenvalue weighted by Crippen LogP contribution is -2.33. The molecule has 0 amide bonds. The lowest BCUT2D eigenvalue weighted by atomic mass is 10.1. The molecule has 2 aromatic rings. The average molecular weight is 412 g/mol. The topological polar surface area (TPSA) is 58.6 Å². The Morgan fingerprint density at radius 3 is 2.88 bits per heavy atom. The molecule has 0 bridgehead atoms. The van der Waals surface area contributed by atoms with Gasteiger partial charge in [-0.1, -0.05) is 34.1 Å². The summed E-state index contributed by atoms with van der Waals surface area (Å²) < 4.78 is 20.4. The van der Waals surface area contributed by atoms with Crippen LogP contribution in [0.1, 0.15) is 16.5 Å². The highest BCUT2D eigenvalue weighted by Crippen LogP contribution is 2.39. The third-order valence-electron chi connectivity index (χ3n) is 3.68. The van der Waals surface area contributed by atoms with Gasteiger partial charge in [-0.3, -0.25) is 10.1 Å². The Hall–Kier alpha value is -1.57. The number of carboxylic acids is 1. The summed E-state index contributed by atoms with van der Waals surface area (Å²) in [6.07, 6.45) is 0. The minimum atomic E-state index is -0.867. The van der Waals surface area contributed by atoms with Crippen molar-refractivity contribution in [2.24, 2.45) is 0 Å². The van der Waals surface area contributed by atoms with Crippen molar-refractivity contribution in [1.29, 1.82) is 0 Å². The number of rotatable bonds is 5. The van der Waals surface area contributed by atoms with Crippen LogP contribution in [-0.4, -0.2) is 22.9 Å². The van der Waals surface area contributed by atoms with Crippen LogP contribution in [0.3, 0.4) is 0 Å². The van der Waals surface area contributed by atoms with Crippen molar-refractivity contribution in [1.82, 2.24) is 5.32 Å². The maximum atomic E-state index is 13.7. The van der Waals surface area contributed by atoms with Gasteiger partial charge in [-0.25, -0.2) is 4.39 Å². The molecule has 1 fully saturated rings. The van der Waals surface area contributed by atoms with Crippen molar-refractivity contribution in [2.75, 3.05) is 5.75 Å². The summed E-state index contributed by atoms with van der Waals surface area (Å²) in [5.41, 5.74) is 1.32. The highest BCUT2D eigenvalue weighted by Gasteiger charge is 2.32. The molecule has 2 N–H and O–H groups in total. The number of benzene rings is 2. The smallest absolute Gasteiger partial charge is 0.321 e. The third kappa shape index (κ3) is 3.91. The molecular formula is C17H15BrFNO3S. The first-order chi connectivity index (χ1) is 11.5. The number of nitrogens with one attached hydrogen (secondary N) is 1. The van der Waals surface area contributed by atoms with Gasteiger partial charge in [0.1, 0.15) is 24.2 Å². The SMILES string of the molecule is O=C(O)C1CSC(c2cc(Br)ccc2OCc2ccccc2F)N1. The van der Waals surface area contributed by atoms with Crippen LogP contribution in [0, 0.1) is 5.82 Å². The Balaban J connectivity index is 1.79. The predicted molar refractivity (Wildman–Crippen MR) is 94.6 cm³/mol. The minimum Gasteiger partial charge on any atom is -0.488 e. The Morgan fingerprint density at radius 2 is 2.17 bits per heavy atom. The van der Waals surface area contributed by atoms with E-state index in [4.69, 9.17) is 9.84 Å². The van der Waals surface area contributed by atoms with E-state index in [0.29, 0.717) is 17.1 Å². The van der Waals surface area contributed by atoms with Crippen molar-refractivity contribution in [3.8, 4) is 5.75 Å². The molecule has 0 spiro atoms. The van der Waals surface area contributed by atoms with E-state index < -0.39 is 12.0 Å². The number of aliphatic carboxylic acids is 1. The number of carboxylic acid groups (broad SMARTS) is 1. The molecule has 2 atom stereocenters. The van der Waals surface area contributed by atoms with Crippen LogP contribution in [0.4, 0.5) is 4.39 Å². The lowest BCUT2D eigenvalue weighted by molar-refractivity contribution is -0.138. The van der Waals surface area contributed by atoms with E-state index in [0.717, 1.165) is 10.0 Å². The summed E-state index contributed by atoms with van der Waals surface area (Å²) in [5, 5.41) is 12.0. The van der Waals surface area contributed by atoms with Gasteiger partial charge in [-0.2, -0.15) is 0 Å². The predicted octanol–water partition coefficient (Wildman–Crippen LogP) is 3.96. The fraction of sp³-hybridized carbons (Fsp3) is 0.235. The minimum absolute atomic E-state index is 0.112. The van der Waals surface area contributed by atoms with Crippen LogP contribution in [0.5, 0.6) is 5.75 Å². The van der Waals surface area contributed by atoms with E-state index in [2.05, 4.69) is 21.2 Å². The third-order valence-corrected chi connectivity index (χ3v) is 5.42. The monoisotopic (exact) mass is 411 g/mol. The van der Waals surface area contributed by atoms with Crippen LogP contribution < -0.4 is 10.1 Å². The molecule has 1 saturated heterocycles. The normalized spacial score (nSPS) is 20.1. The Morgan fingerprint density at radius 1 is 1.38 bits per heavy atom. The zero-order chi connectivity index (χ0) is 17.1. The fourth-order valence-corrected chi connectivity index (χ4v) is 4.05. The van der Waals surface area contributed by atoms with Crippen molar-refractivity contribution in [3.05, 3.63) is 63.9 Å². The van der Waals surface area contributed by atoms with Crippen LogP contribution in [0.2, 0.25) is 0 Å². The number of halogens is 2. The molecule has 2 aromatic carbocycles. The number of hydrogen-bond acceptors (Lipinski definition) is 4. The van der Waals surface area contributed by atoms with Crippen molar-refractivity contribution < 1.29 is 19.0 Å². The molecule has 2 unspecified atom stereocenters. The van der Waals surface area contributed by atoms with Crippen molar-refractivity contribution in [3.63, 3.8) is 0 Å². The average Bonchev–Trinajstić information content (AvgIpc) is 3.05. The molecule has 3 rings (SSSR count). The number of hydrogen-bond donors (Lipinski definition) is 2. The molecule has 7 heteroatoms. The number of thioether (sulfide) groups is 1. The van der Waals surface area contributed by atoms with E-state index in [9.17, 15) is 9.18 Å². The van der Waals surface area contributed by atoms with E-state index in [-0.39, 0.29) is 17.8 Å². The highest BCUT2D eigenvalue weighted by atomic mass is 79.9. The first-order valence-corrected chi connectivity index (χ1v) is 9.15. The van der Waals surface area contributed by atoms with Crippen LogP contribution in [0.25, 0.3) is 0 Å². The molecule has 1 heterocycles. The summed E-state index contributed by atoms with van der Waals surface area (Å²) >= 11 is 4.94. The Kier molecular flexibility index (Phi) is 5.43. The van der Waals surface area contributed by atoms with Crippen LogP contribution >= 0.6 is 27.7 Å². The van der Waals surface area contributed by atoms with E-state index in [1.807, 2.05) is 12.1 Å². The summed E-state index contributed by atoms with van der Waals surface area (Å²) in [4.78, 5) is 11.1. The molecule has 0 saturated carbocycles. The lowest BCUT2D eigenvalue weighted by Gasteiger charge is -2.17. The van der Waals surface area contributed by atoms with Gasteiger partial charge in [-0.05, 0) is 24.3 Å². The van der Waals surface area contributed by atoms with Gasteiger partial charge in [-0.15, -0.1) is 11.8 Å². The van der Waals surface area contributed by atoms with Crippen molar-refractivity contribution in [2.45, 2.75) is 18.0 Å². The second-order valence-electron chi connectivity index (χ2n) is 5.33. The molecule has 24 heavy (non-hydrogen) atoms. The van der Waals surface area contributed by atoms with E-state index in [1.165, 1.54) is 17.8 Å². The van der Waals surface area contributed by atoms with Crippen LogP contribution in [0.15, 0.2) is 46.9 Å². The van der Waals surface area contributed by atoms with Crippen molar-refractivity contribution >= 4 is 33.7 Å². The zero-order valence-corrected chi connectivity index (χ0v) is 14.9. The Labute approximate surface area is 151 Å². The van der Waals surface area contributed by atoms with E-state index in [1.54, 1.807) is 24.3 Å². The summed E-state index contributed by atoms with van der Waals surface area (Å²) in [6.45, 7) is 0.112. The maximum absolute atomic E-state index is 13.7. The second kappa shape index (κ2) is 7.55. The molecular weight excluding hydrogens is 397 g/mol. The maximum Gasteiger partial charge on any atom is 0.321 e. The van der Waals surface area contributed by atoms with Gasteiger partial charge in [0, 0.05) is 21.4 Å². The molecule has 4 nitrogen and oxygen atoms in total. The van der Waals surface area contributed by atoms with Crippen LogP contribution in [-0.2, 0) is 11.4 Å². The summed E-state index contributed by atoms with van der Waals surface area (Å²) in [7, 11) is 0. The molecule has 0 aromatic heterocycles. The largest absolute Gasteiger partial charge is 0.488 e. The van der Waals surface area contributed by atoms with Gasteiger partial charge in [0.2, 0.25) is 0 Å².